The van der Waals surface area contributed by atoms with Crippen molar-refractivity contribution in [1.82, 2.24) is 0 Å². The summed E-state index contributed by atoms with van der Waals surface area (Å²) < 4.78 is 4.82. The molecule has 0 saturated carbocycles. The van der Waals surface area contributed by atoms with Crippen LogP contribution >= 0.6 is 17.1 Å². The van der Waals surface area contributed by atoms with Crippen molar-refractivity contribution < 1.29 is 60.8 Å². The fraction of sp³-hybridized carbons (Fsp3) is 0.600. The summed E-state index contributed by atoms with van der Waals surface area (Å²) in [7, 11) is 0. The van der Waals surface area contributed by atoms with E-state index in [9.17, 15) is 4.89 Å². The molecule has 0 aromatic carbocycles. The molecule has 1 unspecified atom stereocenters. The molecule has 0 aliphatic heterocycles. The molecular formula is C5H10KO2PS2. The molecule has 0 N–H and O–H groups in total. The Hall–Kier alpha value is 2.30. The van der Waals surface area contributed by atoms with E-state index in [1.165, 1.54) is 0 Å². The summed E-state index contributed by atoms with van der Waals surface area (Å²) in [5, 5.41) is 0. The SMILES string of the molecule is C=CCSP([O-])(=S)OCC.[K+]. The van der Waals surface area contributed by atoms with Gasteiger partial charge < -0.3 is 9.42 Å². The van der Waals surface area contributed by atoms with Gasteiger partial charge in [0.05, 0.1) is 0 Å². The van der Waals surface area contributed by atoms with Gasteiger partial charge in [0.2, 0.25) is 0 Å². The van der Waals surface area contributed by atoms with Gasteiger partial charge in [-0.05, 0) is 6.92 Å². The molecule has 0 saturated heterocycles. The van der Waals surface area contributed by atoms with Crippen molar-refractivity contribution in [3.05, 3.63) is 12.7 Å². The van der Waals surface area contributed by atoms with Gasteiger partial charge in [-0.1, -0.05) is 17.9 Å². The molecule has 0 rings (SSSR count). The smallest absolute Gasteiger partial charge is 0.793 e. The van der Waals surface area contributed by atoms with Crippen LogP contribution in [0, 0.1) is 0 Å². The normalized spacial score (nSPS) is 14.7. The molecule has 0 bridgehead atoms. The van der Waals surface area contributed by atoms with Crippen LogP contribution < -0.4 is 56.3 Å². The summed E-state index contributed by atoms with van der Waals surface area (Å²) in [5.41, 5.74) is -2.78. The average Bonchev–Trinajstić information content (AvgIpc) is 1.84. The number of hydrogen-bond donors (Lipinski definition) is 0. The Morgan fingerprint density at radius 1 is 1.82 bits per heavy atom. The third-order valence-corrected chi connectivity index (χ3v) is 4.89. The van der Waals surface area contributed by atoms with Gasteiger partial charge in [0.25, 0.3) is 0 Å². The molecule has 0 amide bonds. The van der Waals surface area contributed by atoms with Gasteiger partial charge in [0.15, 0.2) is 0 Å². The second kappa shape index (κ2) is 8.88. The molecule has 0 radical (unpaired) electrons. The van der Waals surface area contributed by atoms with Crippen LogP contribution in [0.15, 0.2) is 12.7 Å². The van der Waals surface area contributed by atoms with Crippen molar-refractivity contribution in [2.75, 3.05) is 12.4 Å². The van der Waals surface area contributed by atoms with Crippen molar-refractivity contribution >= 4 is 28.9 Å². The van der Waals surface area contributed by atoms with Crippen LogP contribution in [0.1, 0.15) is 6.92 Å². The summed E-state index contributed by atoms with van der Waals surface area (Å²) in [4.78, 5) is 11.1. The van der Waals surface area contributed by atoms with E-state index in [1.807, 2.05) is 0 Å². The monoisotopic (exact) mass is 236 g/mol. The molecule has 0 aliphatic carbocycles. The molecule has 11 heavy (non-hydrogen) atoms. The predicted molar refractivity (Wildman–Crippen MR) is 48.6 cm³/mol. The van der Waals surface area contributed by atoms with Gasteiger partial charge >= 0.3 is 51.4 Å². The Morgan fingerprint density at radius 2 is 2.36 bits per heavy atom. The van der Waals surface area contributed by atoms with E-state index in [-0.39, 0.29) is 51.4 Å². The Morgan fingerprint density at radius 3 is 2.73 bits per heavy atom. The first kappa shape index (κ1) is 15.8. The van der Waals surface area contributed by atoms with E-state index >= 15 is 0 Å². The van der Waals surface area contributed by atoms with Crippen LogP contribution in [-0.4, -0.2) is 12.4 Å². The van der Waals surface area contributed by atoms with Crippen LogP contribution in [0.2, 0.25) is 0 Å². The molecule has 6 heteroatoms. The molecule has 1 atom stereocenters. The Balaban J connectivity index is 0. The van der Waals surface area contributed by atoms with E-state index in [0.717, 1.165) is 11.4 Å². The summed E-state index contributed by atoms with van der Waals surface area (Å²) in [6.07, 6.45) is 1.66. The molecule has 2 nitrogen and oxygen atoms in total. The van der Waals surface area contributed by atoms with Gasteiger partial charge in [-0.15, -0.1) is 18.0 Å². The van der Waals surface area contributed by atoms with Crippen LogP contribution in [0.25, 0.3) is 0 Å². The maximum absolute atomic E-state index is 11.1. The third-order valence-electron chi connectivity index (χ3n) is 0.638. The second-order valence-electron chi connectivity index (χ2n) is 1.45. The Kier molecular flexibility index (Phi) is 12.7. The molecule has 0 heterocycles. The van der Waals surface area contributed by atoms with Crippen molar-refractivity contribution in [2.45, 2.75) is 6.92 Å². The molecule has 0 spiro atoms. The summed E-state index contributed by atoms with van der Waals surface area (Å²) in [5.74, 6) is 0.584. The molecule has 60 valence electrons. The first-order valence-corrected chi connectivity index (χ1v) is 7.06. The standard InChI is InChI=1S/C5H11O2PS2.K/c1-3-5-10-8(6,9)7-4-2;/h3H,1,4-5H2,2H3,(H,6,9);/q;+1/p-1. The van der Waals surface area contributed by atoms with Gasteiger partial charge in [0, 0.05) is 18.1 Å². The zero-order chi connectivity index (χ0) is 8.04. The van der Waals surface area contributed by atoms with E-state index < -0.39 is 5.69 Å². The topological polar surface area (TPSA) is 32.3 Å². The van der Waals surface area contributed by atoms with Gasteiger partial charge in [0.1, 0.15) is 0 Å². The summed E-state index contributed by atoms with van der Waals surface area (Å²) >= 11 is 5.79. The first-order chi connectivity index (χ1) is 4.62. The minimum atomic E-state index is -2.78. The van der Waals surface area contributed by atoms with Crippen LogP contribution in [0.5, 0.6) is 0 Å². The second-order valence-corrected chi connectivity index (χ2v) is 7.55. The average molecular weight is 236 g/mol. The molecule has 0 aromatic rings. The fourth-order valence-corrected chi connectivity index (χ4v) is 3.29. The predicted octanol–water partition coefficient (Wildman–Crippen LogP) is -1.47. The molecule has 0 aliphatic rings. The van der Waals surface area contributed by atoms with E-state index in [1.54, 1.807) is 13.0 Å². The van der Waals surface area contributed by atoms with E-state index in [4.69, 9.17) is 4.52 Å². The molecule has 0 aromatic heterocycles. The van der Waals surface area contributed by atoms with Crippen molar-refractivity contribution in [3.63, 3.8) is 0 Å². The third kappa shape index (κ3) is 10.2. The van der Waals surface area contributed by atoms with E-state index in [2.05, 4.69) is 18.4 Å². The van der Waals surface area contributed by atoms with Crippen LogP contribution in [0.4, 0.5) is 0 Å². The summed E-state index contributed by atoms with van der Waals surface area (Å²) in [6.45, 7) is 5.66. The maximum atomic E-state index is 11.1. The molecular weight excluding hydrogens is 226 g/mol. The maximum Gasteiger partial charge on any atom is 1.00 e. The number of rotatable bonds is 5. The van der Waals surface area contributed by atoms with Gasteiger partial charge in [-0.25, -0.2) is 0 Å². The number of hydrogen-bond acceptors (Lipinski definition) is 4. The Labute approximate surface area is 120 Å². The summed E-state index contributed by atoms with van der Waals surface area (Å²) in [6, 6.07) is 0. The van der Waals surface area contributed by atoms with Crippen molar-refractivity contribution in [3.8, 4) is 0 Å². The molecule has 0 fully saturated rings. The van der Waals surface area contributed by atoms with Gasteiger partial charge in [-0.3, -0.25) is 0 Å². The quantitative estimate of drug-likeness (QED) is 0.331. The zero-order valence-electron chi connectivity index (χ0n) is 6.78. The van der Waals surface area contributed by atoms with Crippen LogP contribution in [0.3, 0.4) is 0 Å². The first-order valence-electron chi connectivity index (χ1n) is 2.83. The zero-order valence-corrected chi connectivity index (χ0v) is 12.4. The minimum Gasteiger partial charge on any atom is -0.793 e. The van der Waals surface area contributed by atoms with Crippen molar-refractivity contribution in [1.29, 1.82) is 0 Å². The fourth-order valence-electron chi connectivity index (χ4n) is 0.339. The minimum absolute atomic E-state index is 0. The van der Waals surface area contributed by atoms with Gasteiger partial charge in [-0.2, -0.15) is 0 Å². The largest absolute Gasteiger partial charge is 1.00 e. The van der Waals surface area contributed by atoms with E-state index in [0.29, 0.717) is 12.4 Å². The van der Waals surface area contributed by atoms with Crippen molar-refractivity contribution in [2.24, 2.45) is 0 Å². The van der Waals surface area contributed by atoms with Crippen LogP contribution in [-0.2, 0) is 16.3 Å². The Bertz CT molecular complexity index is 153.